The Hall–Kier alpha value is -2.86. The van der Waals surface area contributed by atoms with Crippen molar-refractivity contribution in [2.24, 2.45) is 0 Å². The molecule has 0 bridgehead atoms. The zero-order valence-electron chi connectivity index (χ0n) is 14.0. The molecule has 27 heavy (non-hydrogen) atoms. The number of benzene rings is 3. The van der Waals surface area contributed by atoms with Crippen LogP contribution in [0.15, 0.2) is 66.7 Å². The van der Waals surface area contributed by atoms with Crippen molar-refractivity contribution in [1.29, 1.82) is 0 Å². The first-order valence-corrected chi connectivity index (χ1v) is 8.87. The summed E-state index contributed by atoms with van der Waals surface area (Å²) in [4.78, 5) is 4.65. The minimum atomic E-state index is -1.84. The highest BCUT2D eigenvalue weighted by Gasteiger charge is 2.50. The molecule has 5 nitrogen and oxygen atoms in total. The predicted molar refractivity (Wildman–Crippen MR) is 103 cm³/mol. The van der Waals surface area contributed by atoms with Gasteiger partial charge in [0.25, 0.3) is 0 Å². The summed E-state index contributed by atoms with van der Waals surface area (Å²) in [5.74, 6) is 0.310. The molecule has 6 heteroatoms. The van der Waals surface area contributed by atoms with E-state index in [4.69, 9.17) is 11.6 Å². The van der Waals surface area contributed by atoms with Gasteiger partial charge >= 0.3 is 0 Å². The van der Waals surface area contributed by atoms with Crippen LogP contribution in [0.4, 0.5) is 0 Å². The molecule has 2 heterocycles. The van der Waals surface area contributed by atoms with Gasteiger partial charge in [-0.05, 0) is 18.2 Å². The van der Waals surface area contributed by atoms with E-state index in [1.165, 1.54) is 6.07 Å². The van der Waals surface area contributed by atoms with Gasteiger partial charge in [-0.1, -0.05) is 60.1 Å². The Kier molecular flexibility index (Phi) is 3.37. The first-order chi connectivity index (χ1) is 13.0. The number of phenolic OH excluding ortho intramolecular Hbond substituents is 1. The van der Waals surface area contributed by atoms with Crippen LogP contribution < -0.4 is 0 Å². The zero-order chi connectivity index (χ0) is 18.8. The Morgan fingerprint density at radius 1 is 0.963 bits per heavy atom. The average molecular weight is 379 g/mol. The SMILES string of the molecule is Oc1c(Cl)cccc1[C@@H](O)[C@@]1(O)c2ccccc2-c2nc3ccccc3n21. The third-order valence-electron chi connectivity index (χ3n) is 5.16. The molecule has 0 aliphatic carbocycles. The van der Waals surface area contributed by atoms with Gasteiger partial charge in [0.2, 0.25) is 5.72 Å². The van der Waals surface area contributed by atoms with Crippen LogP contribution in [-0.4, -0.2) is 24.9 Å². The van der Waals surface area contributed by atoms with Crippen LogP contribution in [0.1, 0.15) is 17.2 Å². The molecule has 0 amide bonds. The number of imidazole rings is 1. The monoisotopic (exact) mass is 378 g/mol. The van der Waals surface area contributed by atoms with Crippen molar-refractivity contribution >= 4 is 22.6 Å². The molecule has 0 radical (unpaired) electrons. The van der Waals surface area contributed by atoms with Crippen molar-refractivity contribution in [2.75, 3.05) is 0 Å². The lowest BCUT2D eigenvalue weighted by Gasteiger charge is -2.33. The van der Waals surface area contributed by atoms with Gasteiger partial charge in [0.1, 0.15) is 17.7 Å². The second kappa shape index (κ2) is 5.57. The summed E-state index contributed by atoms with van der Waals surface area (Å²) in [5.41, 5.74) is 0.950. The summed E-state index contributed by atoms with van der Waals surface area (Å²) in [6, 6.07) is 19.4. The summed E-state index contributed by atoms with van der Waals surface area (Å²) >= 11 is 6.02. The van der Waals surface area contributed by atoms with E-state index in [0.29, 0.717) is 22.4 Å². The highest BCUT2D eigenvalue weighted by Crippen LogP contribution is 2.51. The highest BCUT2D eigenvalue weighted by atomic mass is 35.5. The number of aromatic nitrogens is 2. The Morgan fingerprint density at radius 3 is 2.56 bits per heavy atom. The van der Waals surface area contributed by atoms with Crippen molar-refractivity contribution in [3.8, 4) is 17.1 Å². The molecule has 0 fully saturated rings. The molecule has 5 rings (SSSR count). The lowest BCUT2D eigenvalue weighted by Crippen LogP contribution is -2.38. The molecule has 3 N–H and O–H groups in total. The molecule has 4 aromatic rings. The largest absolute Gasteiger partial charge is 0.506 e. The number of halogens is 1. The summed E-state index contributed by atoms with van der Waals surface area (Å²) in [7, 11) is 0. The van der Waals surface area contributed by atoms with E-state index >= 15 is 0 Å². The lowest BCUT2D eigenvalue weighted by atomic mass is 9.90. The number of aromatic hydroxyl groups is 1. The second-order valence-corrected chi connectivity index (χ2v) is 7.02. The molecule has 134 valence electrons. The van der Waals surface area contributed by atoms with E-state index in [-0.39, 0.29) is 16.3 Å². The fourth-order valence-electron chi connectivity index (χ4n) is 3.91. The van der Waals surface area contributed by atoms with Crippen LogP contribution >= 0.6 is 11.6 Å². The van der Waals surface area contributed by atoms with E-state index < -0.39 is 11.8 Å². The maximum atomic E-state index is 11.8. The van der Waals surface area contributed by atoms with Gasteiger partial charge in [0, 0.05) is 16.7 Å². The molecule has 3 aromatic carbocycles. The van der Waals surface area contributed by atoms with Crippen LogP contribution in [-0.2, 0) is 5.72 Å². The van der Waals surface area contributed by atoms with Crippen molar-refractivity contribution in [1.82, 2.24) is 9.55 Å². The van der Waals surface area contributed by atoms with Gasteiger partial charge in [-0.3, -0.25) is 4.57 Å². The number of rotatable bonds is 2. The summed E-state index contributed by atoms with van der Waals surface area (Å²) < 4.78 is 1.62. The van der Waals surface area contributed by atoms with E-state index in [0.717, 1.165) is 5.56 Å². The fraction of sp³-hybridized carbons (Fsp3) is 0.0952. The summed E-state index contributed by atoms with van der Waals surface area (Å²) in [5, 5.41) is 33.6. The number of para-hydroxylation sites is 3. The van der Waals surface area contributed by atoms with E-state index in [9.17, 15) is 15.3 Å². The summed E-state index contributed by atoms with van der Waals surface area (Å²) in [6.45, 7) is 0. The quantitative estimate of drug-likeness (QED) is 0.495. The van der Waals surface area contributed by atoms with E-state index in [2.05, 4.69) is 4.98 Å². The molecule has 0 spiro atoms. The van der Waals surface area contributed by atoms with Crippen molar-refractivity contribution in [3.63, 3.8) is 0 Å². The van der Waals surface area contributed by atoms with Crippen LogP contribution in [0, 0.1) is 0 Å². The number of aliphatic hydroxyl groups excluding tert-OH is 1. The van der Waals surface area contributed by atoms with Crippen LogP contribution in [0.25, 0.3) is 22.4 Å². The van der Waals surface area contributed by atoms with Crippen molar-refractivity contribution in [3.05, 3.63) is 82.9 Å². The molecule has 0 unspecified atom stereocenters. The van der Waals surface area contributed by atoms with Crippen molar-refractivity contribution < 1.29 is 15.3 Å². The molecular formula is C21H15ClN2O3. The summed E-state index contributed by atoms with van der Waals surface area (Å²) in [6.07, 6.45) is -1.46. The normalized spacial score (nSPS) is 19.1. The predicted octanol–water partition coefficient (Wildman–Crippen LogP) is 3.80. The van der Waals surface area contributed by atoms with Crippen LogP contribution in [0.3, 0.4) is 0 Å². The number of phenols is 1. The third-order valence-corrected chi connectivity index (χ3v) is 5.46. The second-order valence-electron chi connectivity index (χ2n) is 6.61. The van der Waals surface area contributed by atoms with Crippen molar-refractivity contribution in [2.45, 2.75) is 11.8 Å². The minimum absolute atomic E-state index is 0.108. The lowest BCUT2D eigenvalue weighted by molar-refractivity contribution is -0.0978. The van der Waals surface area contributed by atoms with Gasteiger partial charge in [-0.2, -0.15) is 0 Å². The number of aliphatic hydroxyl groups is 2. The maximum absolute atomic E-state index is 11.8. The van der Waals surface area contributed by atoms with E-state index in [1.807, 2.05) is 36.4 Å². The fourth-order valence-corrected chi connectivity index (χ4v) is 4.09. The Bertz CT molecular complexity index is 1200. The molecular weight excluding hydrogens is 364 g/mol. The Morgan fingerprint density at radius 2 is 1.70 bits per heavy atom. The smallest absolute Gasteiger partial charge is 0.201 e. The first kappa shape index (κ1) is 16.3. The van der Waals surface area contributed by atoms with Gasteiger partial charge < -0.3 is 15.3 Å². The molecule has 1 aliphatic heterocycles. The van der Waals surface area contributed by atoms with Gasteiger partial charge in [-0.15, -0.1) is 0 Å². The van der Waals surface area contributed by atoms with Gasteiger partial charge in [0.15, 0.2) is 0 Å². The average Bonchev–Trinajstić information content (AvgIpc) is 3.19. The number of fused-ring (bicyclic) bond motifs is 5. The first-order valence-electron chi connectivity index (χ1n) is 8.49. The third kappa shape index (κ3) is 2.04. The molecule has 1 aromatic heterocycles. The van der Waals surface area contributed by atoms with Crippen LogP contribution in [0.2, 0.25) is 5.02 Å². The standard InChI is InChI=1S/C21H15ClN2O3/c22-15-9-5-7-13(18(15)25)19(26)21(27)14-8-2-1-6-12(14)20-23-16-10-3-4-11-17(16)24(20)21/h1-11,19,25-27H/t19-,21+/m1/s1. The Labute approximate surface area is 159 Å². The maximum Gasteiger partial charge on any atom is 0.201 e. The number of nitrogens with zero attached hydrogens (tertiary/aromatic N) is 2. The number of hydrogen-bond donors (Lipinski definition) is 3. The minimum Gasteiger partial charge on any atom is -0.506 e. The highest BCUT2D eigenvalue weighted by molar-refractivity contribution is 6.32. The van der Waals surface area contributed by atoms with Crippen LogP contribution in [0.5, 0.6) is 5.75 Å². The zero-order valence-corrected chi connectivity index (χ0v) is 14.8. The Balaban J connectivity index is 1.85. The molecule has 0 saturated carbocycles. The van der Waals surface area contributed by atoms with E-state index in [1.54, 1.807) is 28.8 Å². The molecule has 1 aliphatic rings. The number of hydrogen-bond acceptors (Lipinski definition) is 4. The topological polar surface area (TPSA) is 78.5 Å². The van der Waals surface area contributed by atoms with Gasteiger partial charge in [-0.25, -0.2) is 4.98 Å². The molecule has 0 saturated heterocycles. The van der Waals surface area contributed by atoms with Gasteiger partial charge in [0.05, 0.1) is 16.1 Å². The molecule has 2 atom stereocenters.